The van der Waals surface area contributed by atoms with Crippen molar-refractivity contribution >= 4 is 32.7 Å². The fourth-order valence-corrected chi connectivity index (χ4v) is 6.62. The van der Waals surface area contributed by atoms with Crippen LogP contribution in [-0.2, 0) is 10.0 Å². The minimum atomic E-state index is -3.64. The molecule has 1 aliphatic heterocycles. The Hall–Kier alpha value is -4.52. The molecular weight excluding hydrogens is 520 g/mol. The normalized spacial score (nSPS) is 15.1. The predicted octanol–water partition coefficient (Wildman–Crippen LogP) is 6.04. The van der Waals surface area contributed by atoms with E-state index >= 15 is 0 Å². The Morgan fingerprint density at radius 2 is 1.68 bits per heavy atom. The highest BCUT2D eigenvalue weighted by Gasteiger charge is 2.26. The third-order valence-corrected chi connectivity index (χ3v) is 9.03. The zero-order chi connectivity index (χ0) is 27.5. The molecule has 9 heteroatoms. The van der Waals surface area contributed by atoms with Crippen LogP contribution in [0.15, 0.2) is 90.0 Å². The largest absolute Gasteiger partial charge is 0.337 e. The van der Waals surface area contributed by atoms with E-state index in [4.69, 9.17) is 5.10 Å². The van der Waals surface area contributed by atoms with E-state index in [1.807, 2.05) is 66.9 Å². The van der Waals surface area contributed by atoms with E-state index in [9.17, 15) is 13.7 Å². The Kier molecular flexibility index (Phi) is 7.03. The molecule has 5 aromatic rings. The molecule has 0 amide bonds. The lowest BCUT2D eigenvalue weighted by atomic mass is 10.1. The standard InChI is InChI=1S/C31H28N6O2S/c32-21-24(31-33-28-15-6-7-16-29(28)34-31)19-25-22-37(26-12-4-3-5-13-26)35-30(25)23-11-10-14-27(20-23)40(38,39)36-17-8-1-2-9-18-36/h3-7,10-16,19-20,22H,1-2,8-9,17-18H2,(H,33,34). The van der Waals surface area contributed by atoms with E-state index in [-0.39, 0.29) is 4.90 Å². The third-order valence-electron chi connectivity index (χ3n) is 7.14. The number of fused-ring (bicyclic) bond motifs is 1. The first-order valence-corrected chi connectivity index (χ1v) is 14.8. The molecule has 40 heavy (non-hydrogen) atoms. The van der Waals surface area contributed by atoms with Gasteiger partial charge in [0.2, 0.25) is 10.0 Å². The molecule has 1 saturated heterocycles. The number of nitriles is 1. The van der Waals surface area contributed by atoms with Gasteiger partial charge < -0.3 is 4.98 Å². The second kappa shape index (κ2) is 10.9. The van der Waals surface area contributed by atoms with Crippen LogP contribution in [0.2, 0.25) is 0 Å². The van der Waals surface area contributed by atoms with Crippen LogP contribution in [0.3, 0.4) is 0 Å². The number of H-pyrrole nitrogens is 1. The molecule has 0 spiro atoms. The van der Waals surface area contributed by atoms with Gasteiger partial charge in [0.25, 0.3) is 0 Å². The fourth-order valence-electron chi connectivity index (χ4n) is 5.05. The van der Waals surface area contributed by atoms with Crippen LogP contribution in [0.4, 0.5) is 0 Å². The van der Waals surface area contributed by atoms with Gasteiger partial charge >= 0.3 is 0 Å². The number of benzene rings is 3. The summed E-state index contributed by atoms with van der Waals surface area (Å²) in [6.45, 7) is 1.07. The molecule has 2 aromatic heterocycles. The van der Waals surface area contributed by atoms with Crippen molar-refractivity contribution < 1.29 is 8.42 Å². The lowest BCUT2D eigenvalue weighted by molar-refractivity contribution is 0.424. The number of allylic oxidation sites excluding steroid dienone is 1. The number of imidazole rings is 1. The summed E-state index contributed by atoms with van der Waals surface area (Å²) in [7, 11) is -3.64. The first-order chi connectivity index (χ1) is 19.5. The minimum absolute atomic E-state index is 0.244. The Labute approximate surface area is 233 Å². The predicted molar refractivity (Wildman–Crippen MR) is 156 cm³/mol. The van der Waals surface area contributed by atoms with Gasteiger partial charge in [0.05, 0.1) is 27.2 Å². The lowest BCUT2D eigenvalue weighted by Gasteiger charge is -2.20. The van der Waals surface area contributed by atoms with Gasteiger partial charge in [-0.1, -0.05) is 55.3 Å². The highest BCUT2D eigenvalue weighted by atomic mass is 32.2. The highest BCUT2D eigenvalue weighted by Crippen LogP contribution is 2.30. The number of hydrogen-bond acceptors (Lipinski definition) is 5. The second-order valence-corrected chi connectivity index (χ2v) is 11.8. The van der Waals surface area contributed by atoms with Gasteiger partial charge in [0.15, 0.2) is 0 Å². The van der Waals surface area contributed by atoms with Crippen molar-refractivity contribution in [1.29, 1.82) is 5.26 Å². The highest BCUT2D eigenvalue weighted by molar-refractivity contribution is 7.89. The quantitative estimate of drug-likeness (QED) is 0.260. The molecule has 1 fully saturated rings. The summed E-state index contributed by atoms with van der Waals surface area (Å²) in [5.74, 6) is 0.458. The number of hydrogen-bond donors (Lipinski definition) is 1. The van der Waals surface area contributed by atoms with Crippen LogP contribution >= 0.6 is 0 Å². The van der Waals surface area contributed by atoms with Crippen molar-refractivity contribution in [1.82, 2.24) is 24.1 Å². The lowest BCUT2D eigenvalue weighted by Crippen LogP contribution is -2.31. The maximum Gasteiger partial charge on any atom is 0.243 e. The maximum absolute atomic E-state index is 13.6. The summed E-state index contributed by atoms with van der Waals surface area (Å²) in [6, 6.07) is 26.5. The summed E-state index contributed by atoms with van der Waals surface area (Å²) in [6.07, 6.45) is 7.43. The smallest absolute Gasteiger partial charge is 0.243 e. The van der Waals surface area contributed by atoms with Gasteiger partial charge in [0, 0.05) is 30.4 Å². The van der Waals surface area contributed by atoms with Crippen molar-refractivity contribution in [2.45, 2.75) is 30.6 Å². The number of sulfonamides is 1. The van der Waals surface area contributed by atoms with Crippen LogP contribution < -0.4 is 0 Å². The third kappa shape index (κ3) is 5.07. The van der Waals surface area contributed by atoms with E-state index in [0.29, 0.717) is 41.3 Å². The molecule has 0 atom stereocenters. The molecule has 0 bridgehead atoms. The van der Waals surface area contributed by atoms with Crippen molar-refractivity contribution in [3.05, 3.63) is 96.4 Å². The fraction of sp³-hybridized carbons (Fsp3) is 0.194. The summed E-state index contributed by atoms with van der Waals surface area (Å²) < 4.78 is 30.5. The van der Waals surface area contributed by atoms with Gasteiger partial charge in [-0.3, -0.25) is 0 Å². The van der Waals surface area contributed by atoms with Gasteiger partial charge in [-0.25, -0.2) is 18.1 Å². The number of nitrogens with zero attached hydrogens (tertiary/aromatic N) is 5. The van der Waals surface area contributed by atoms with Gasteiger partial charge in [-0.15, -0.1) is 0 Å². The van der Waals surface area contributed by atoms with E-state index < -0.39 is 10.0 Å². The molecule has 0 unspecified atom stereocenters. The molecule has 1 N–H and O–H groups in total. The van der Waals surface area contributed by atoms with Crippen molar-refractivity contribution in [2.24, 2.45) is 0 Å². The van der Waals surface area contributed by atoms with Crippen molar-refractivity contribution in [3.8, 4) is 23.0 Å². The number of para-hydroxylation sites is 3. The van der Waals surface area contributed by atoms with E-state index in [2.05, 4.69) is 16.0 Å². The number of aromatic nitrogens is 4. The zero-order valence-electron chi connectivity index (χ0n) is 21.9. The average Bonchev–Trinajstić information content (AvgIpc) is 3.51. The Balaban J connectivity index is 1.46. The van der Waals surface area contributed by atoms with Crippen LogP contribution in [-0.4, -0.2) is 45.6 Å². The molecular formula is C31H28N6O2S. The van der Waals surface area contributed by atoms with Crippen LogP contribution in [0.5, 0.6) is 0 Å². The SMILES string of the molecule is N#CC(=Cc1cn(-c2ccccc2)nc1-c1cccc(S(=O)(=O)N2CCCCCC2)c1)c1nc2ccccc2[nH]1. The average molecular weight is 549 g/mol. The van der Waals surface area contributed by atoms with Gasteiger partial charge in [-0.2, -0.15) is 14.7 Å². The number of rotatable bonds is 6. The summed E-state index contributed by atoms with van der Waals surface area (Å²) in [5, 5.41) is 14.9. The first-order valence-electron chi connectivity index (χ1n) is 13.4. The summed E-state index contributed by atoms with van der Waals surface area (Å²) in [4.78, 5) is 8.06. The van der Waals surface area contributed by atoms with E-state index in [1.165, 1.54) is 0 Å². The van der Waals surface area contributed by atoms with Gasteiger partial charge in [0.1, 0.15) is 17.6 Å². The molecule has 1 aliphatic rings. The molecule has 3 heterocycles. The first kappa shape index (κ1) is 25.7. The molecule has 3 aromatic carbocycles. The summed E-state index contributed by atoms with van der Waals surface area (Å²) >= 11 is 0. The number of nitrogens with one attached hydrogen (secondary N) is 1. The maximum atomic E-state index is 13.6. The number of aromatic amines is 1. The molecule has 8 nitrogen and oxygen atoms in total. The van der Waals surface area contributed by atoms with Crippen LogP contribution in [0.25, 0.3) is 39.6 Å². The Morgan fingerprint density at radius 3 is 2.42 bits per heavy atom. The molecule has 200 valence electrons. The van der Waals surface area contributed by atoms with Crippen molar-refractivity contribution in [2.75, 3.05) is 13.1 Å². The van der Waals surface area contributed by atoms with Crippen molar-refractivity contribution in [3.63, 3.8) is 0 Å². The zero-order valence-corrected chi connectivity index (χ0v) is 22.7. The topological polar surface area (TPSA) is 108 Å². The minimum Gasteiger partial charge on any atom is -0.337 e. The van der Waals surface area contributed by atoms with Gasteiger partial charge in [-0.05, 0) is 55.3 Å². The van der Waals surface area contributed by atoms with Crippen LogP contribution in [0, 0.1) is 11.3 Å². The Morgan fingerprint density at radius 1 is 0.925 bits per heavy atom. The van der Waals surface area contributed by atoms with Crippen LogP contribution in [0.1, 0.15) is 37.1 Å². The monoisotopic (exact) mass is 548 g/mol. The molecule has 6 rings (SSSR count). The molecule has 0 radical (unpaired) electrons. The Bertz CT molecular complexity index is 1810. The summed E-state index contributed by atoms with van der Waals surface area (Å²) in [5.41, 5.74) is 4.69. The molecule has 0 aliphatic carbocycles. The second-order valence-electron chi connectivity index (χ2n) is 9.83. The van der Waals surface area contributed by atoms with E-state index in [1.54, 1.807) is 33.3 Å². The molecule has 0 saturated carbocycles. The van der Waals surface area contributed by atoms with E-state index in [0.717, 1.165) is 42.4 Å².